The summed E-state index contributed by atoms with van der Waals surface area (Å²) in [5.41, 5.74) is 3.77. The van der Waals surface area contributed by atoms with Crippen LogP contribution in [0, 0.1) is 5.82 Å². The zero-order valence-corrected chi connectivity index (χ0v) is 22.7. The Morgan fingerprint density at radius 3 is 1.90 bits per heavy atom. The Labute approximate surface area is 235 Å². The summed E-state index contributed by atoms with van der Waals surface area (Å²) in [5.74, 6) is -3.40. The molecule has 3 N–H and O–H groups in total. The van der Waals surface area contributed by atoms with Crippen LogP contribution in [0.2, 0.25) is 0 Å². The van der Waals surface area contributed by atoms with E-state index in [2.05, 4.69) is 15.3 Å². The molecular weight excluding hydrogens is 533 g/mol. The Balaban J connectivity index is 1.75. The van der Waals surface area contributed by atoms with E-state index >= 15 is 8.78 Å². The Hall–Kier alpha value is -4.73. The average molecular weight is 563 g/mol. The number of methoxy groups -OCH3 is 2. The van der Waals surface area contributed by atoms with Crippen molar-refractivity contribution in [3.8, 4) is 11.5 Å². The second-order valence-corrected chi connectivity index (χ2v) is 9.75. The molecule has 0 spiro atoms. The van der Waals surface area contributed by atoms with Crippen LogP contribution in [0.3, 0.4) is 0 Å². The predicted octanol–water partition coefficient (Wildman–Crippen LogP) is 5.64. The van der Waals surface area contributed by atoms with Gasteiger partial charge in [-0.3, -0.25) is 0 Å². The van der Waals surface area contributed by atoms with Gasteiger partial charge in [0.15, 0.2) is 12.1 Å². The number of nitrogen functional groups attached to an aromatic ring is 1. The van der Waals surface area contributed by atoms with Crippen molar-refractivity contribution >= 4 is 11.8 Å². The zero-order valence-electron chi connectivity index (χ0n) is 22.7. The highest BCUT2D eigenvalue weighted by molar-refractivity contribution is 5.78. The summed E-state index contributed by atoms with van der Waals surface area (Å²) in [7, 11) is 3.13. The molecule has 0 aliphatic carbocycles. The molecule has 0 radical (unpaired) electrons. The first kappa shape index (κ1) is 27.8. The molecule has 5 rings (SSSR count). The largest absolute Gasteiger partial charge is 0.497 e. The summed E-state index contributed by atoms with van der Waals surface area (Å²) < 4.78 is 62.1. The number of hydrogen-bond acceptors (Lipinski definition) is 7. The molecule has 1 atom stereocenters. The minimum Gasteiger partial charge on any atom is -0.497 e. The minimum atomic E-state index is -3.60. The fourth-order valence-corrected chi connectivity index (χ4v) is 4.95. The number of nitrogens with one attached hydrogen (secondary N) is 1. The molecule has 0 amide bonds. The number of pyridine rings is 1. The maximum absolute atomic E-state index is 15.5. The van der Waals surface area contributed by atoms with Crippen LogP contribution in [-0.4, -0.2) is 37.8 Å². The number of aromatic nitrogens is 1. The van der Waals surface area contributed by atoms with Crippen LogP contribution in [0.1, 0.15) is 29.3 Å². The van der Waals surface area contributed by atoms with Gasteiger partial charge in [-0.2, -0.15) is 8.78 Å². The second-order valence-electron chi connectivity index (χ2n) is 9.75. The number of alkyl halides is 2. The lowest BCUT2D eigenvalue weighted by Gasteiger charge is -2.42. The summed E-state index contributed by atoms with van der Waals surface area (Å²) >= 11 is 0. The normalized spacial score (nSPS) is 18.1. The lowest BCUT2D eigenvalue weighted by Crippen LogP contribution is -2.56. The number of halogens is 3. The predicted molar refractivity (Wildman–Crippen MR) is 150 cm³/mol. The van der Waals surface area contributed by atoms with Gasteiger partial charge in [-0.05, 0) is 60.0 Å². The molecule has 1 aromatic heterocycles. The summed E-state index contributed by atoms with van der Waals surface area (Å²) in [6.45, 7) is 0.0500. The van der Waals surface area contributed by atoms with Gasteiger partial charge in [-0.15, -0.1) is 0 Å². The van der Waals surface area contributed by atoms with Crippen molar-refractivity contribution in [3.63, 3.8) is 0 Å². The molecule has 7 nitrogen and oxygen atoms in total. The number of nitrogens with zero attached hydrogens (tertiary/aromatic N) is 2. The van der Waals surface area contributed by atoms with Gasteiger partial charge in [-0.1, -0.05) is 54.6 Å². The van der Waals surface area contributed by atoms with Crippen molar-refractivity contribution in [2.75, 3.05) is 26.6 Å². The third-order valence-electron chi connectivity index (χ3n) is 7.30. The smallest absolute Gasteiger partial charge is 0.311 e. The van der Waals surface area contributed by atoms with Crippen LogP contribution in [0.25, 0.3) is 0 Å². The van der Waals surface area contributed by atoms with Gasteiger partial charge in [-0.25, -0.2) is 14.4 Å². The van der Waals surface area contributed by atoms with Crippen molar-refractivity contribution < 1.29 is 27.4 Å². The van der Waals surface area contributed by atoms with E-state index in [1.807, 2.05) is 54.6 Å². The number of benzene rings is 3. The van der Waals surface area contributed by atoms with Crippen molar-refractivity contribution in [2.24, 2.45) is 4.99 Å². The first-order chi connectivity index (χ1) is 19.6. The molecule has 0 unspecified atom stereocenters. The molecule has 1 aliphatic rings. The number of nitrogens with two attached hydrogens (primary N) is 1. The number of amidine groups is 1. The van der Waals surface area contributed by atoms with Crippen molar-refractivity contribution in [3.05, 3.63) is 119 Å². The third kappa shape index (κ3) is 4.90. The first-order valence-electron chi connectivity index (χ1n) is 12.8. The van der Waals surface area contributed by atoms with Crippen molar-refractivity contribution in [1.29, 1.82) is 0 Å². The van der Waals surface area contributed by atoms with Crippen LogP contribution in [-0.2, 0) is 15.8 Å². The maximum Gasteiger partial charge on any atom is 0.311 e. The molecule has 212 valence electrons. The summed E-state index contributed by atoms with van der Waals surface area (Å²) in [5, 5.41) is 3.32. The van der Waals surface area contributed by atoms with Gasteiger partial charge in [0, 0.05) is 0 Å². The Kier molecular flexibility index (Phi) is 7.25. The van der Waals surface area contributed by atoms with E-state index in [-0.39, 0.29) is 11.8 Å². The number of ether oxygens (including phenoxy) is 3. The quantitative estimate of drug-likeness (QED) is 0.284. The van der Waals surface area contributed by atoms with Crippen LogP contribution in [0.5, 0.6) is 11.5 Å². The molecule has 2 heterocycles. The van der Waals surface area contributed by atoms with E-state index in [4.69, 9.17) is 19.9 Å². The summed E-state index contributed by atoms with van der Waals surface area (Å²) in [6, 6.07) is 26.0. The van der Waals surface area contributed by atoms with E-state index in [1.54, 1.807) is 38.5 Å². The fraction of sp³-hybridized carbons (Fsp3) is 0.226. The molecular formula is C31H29F3N4O3. The van der Waals surface area contributed by atoms with E-state index in [9.17, 15) is 4.39 Å². The minimum absolute atomic E-state index is 0.107. The van der Waals surface area contributed by atoms with Gasteiger partial charge < -0.3 is 25.3 Å². The van der Waals surface area contributed by atoms with E-state index in [1.165, 1.54) is 6.07 Å². The van der Waals surface area contributed by atoms with Crippen molar-refractivity contribution in [2.45, 2.75) is 23.9 Å². The average Bonchev–Trinajstić information content (AvgIpc) is 2.99. The summed E-state index contributed by atoms with van der Waals surface area (Å²) in [6.07, 6.45) is 0. The Morgan fingerprint density at radius 2 is 1.37 bits per heavy atom. The number of hydrogen-bond donors (Lipinski definition) is 2. The number of aliphatic imine (C=N–C) groups is 1. The van der Waals surface area contributed by atoms with Gasteiger partial charge >= 0.3 is 5.92 Å². The molecule has 0 saturated heterocycles. The second kappa shape index (κ2) is 10.7. The van der Waals surface area contributed by atoms with Gasteiger partial charge in [0.05, 0.1) is 14.2 Å². The topological polar surface area (TPSA) is 91.0 Å². The van der Waals surface area contributed by atoms with Gasteiger partial charge in [0.25, 0.3) is 6.02 Å². The van der Waals surface area contributed by atoms with Crippen LogP contribution in [0.4, 0.5) is 19.0 Å². The molecule has 0 bridgehead atoms. The molecule has 41 heavy (non-hydrogen) atoms. The Morgan fingerprint density at radius 1 is 0.829 bits per heavy atom. The molecule has 3 aromatic carbocycles. The van der Waals surface area contributed by atoms with Crippen molar-refractivity contribution in [1.82, 2.24) is 10.3 Å². The monoisotopic (exact) mass is 562 g/mol. The first-order valence-corrected chi connectivity index (χ1v) is 12.8. The molecule has 10 heteroatoms. The van der Waals surface area contributed by atoms with E-state index in [0.717, 1.165) is 29.7 Å². The Bertz CT molecular complexity index is 1500. The standard InChI is InChI=1S/C31H29F3N4O3/c1-29(27-25(32)17-18-26(35)36-27)30(33,34)19-41-28(37-29)38-31(20-7-5-4-6-8-20,21-9-13-23(39-2)14-10-21)22-11-15-24(40-3)16-12-22/h4-18H,19H2,1-3H3,(H2,35,36)(H,37,38)/t29-/m1/s1. The van der Waals surface area contributed by atoms with E-state index in [0.29, 0.717) is 11.5 Å². The molecule has 4 aromatic rings. The van der Waals surface area contributed by atoms with Crippen LogP contribution >= 0.6 is 0 Å². The maximum atomic E-state index is 15.5. The lowest BCUT2D eigenvalue weighted by atomic mass is 9.77. The van der Waals surface area contributed by atoms with Gasteiger partial charge in [0.1, 0.15) is 34.4 Å². The zero-order chi connectivity index (χ0) is 29.3. The van der Waals surface area contributed by atoms with E-state index < -0.39 is 35.1 Å². The SMILES string of the molecule is COc1ccc(C(NC2=N[C@](C)(c3nc(N)ccc3F)C(F)(F)CO2)(c2ccccc2)c2ccc(OC)cc2)cc1. The third-order valence-corrected chi connectivity index (χ3v) is 7.30. The highest BCUT2D eigenvalue weighted by Crippen LogP contribution is 2.45. The van der Waals surface area contributed by atoms with Crippen LogP contribution in [0.15, 0.2) is 96.0 Å². The highest BCUT2D eigenvalue weighted by atomic mass is 19.3. The highest BCUT2D eigenvalue weighted by Gasteiger charge is 2.58. The number of rotatable bonds is 7. The fourth-order valence-electron chi connectivity index (χ4n) is 4.95. The van der Waals surface area contributed by atoms with Gasteiger partial charge in [0.2, 0.25) is 0 Å². The summed E-state index contributed by atoms with van der Waals surface area (Å²) in [4.78, 5) is 8.21. The van der Waals surface area contributed by atoms with Crippen LogP contribution < -0.4 is 20.5 Å². The molecule has 0 saturated carbocycles. The number of anilines is 1. The molecule has 0 fully saturated rings. The molecule has 1 aliphatic heterocycles. The lowest BCUT2D eigenvalue weighted by molar-refractivity contribution is -0.119.